The summed E-state index contributed by atoms with van der Waals surface area (Å²) in [5.41, 5.74) is 6.20. The molecule has 1 aromatic rings. The Morgan fingerprint density at radius 1 is 1.53 bits per heavy atom. The van der Waals surface area contributed by atoms with Crippen LogP contribution in [0.4, 0.5) is 11.4 Å². The van der Waals surface area contributed by atoms with Gasteiger partial charge in [-0.1, -0.05) is 0 Å². The van der Waals surface area contributed by atoms with E-state index in [-0.39, 0.29) is 22.8 Å². The molecule has 1 rings (SSSR count). The van der Waals surface area contributed by atoms with Crippen LogP contribution >= 0.6 is 0 Å². The second-order valence-electron chi connectivity index (χ2n) is 4.33. The van der Waals surface area contributed by atoms with Crippen molar-refractivity contribution < 1.29 is 9.72 Å². The van der Waals surface area contributed by atoms with Gasteiger partial charge < -0.3 is 16.0 Å². The molecule has 0 bridgehead atoms. The van der Waals surface area contributed by atoms with E-state index in [0.29, 0.717) is 18.7 Å². The van der Waals surface area contributed by atoms with E-state index in [2.05, 4.69) is 5.32 Å². The van der Waals surface area contributed by atoms with Gasteiger partial charge in [-0.05, 0) is 25.6 Å². The van der Waals surface area contributed by atoms with E-state index in [1.807, 2.05) is 0 Å². The number of hydrogen-bond acceptors (Lipinski definition) is 5. The van der Waals surface area contributed by atoms with Gasteiger partial charge in [0.2, 0.25) is 0 Å². The van der Waals surface area contributed by atoms with Gasteiger partial charge in [-0.25, -0.2) is 0 Å². The van der Waals surface area contributed by atoms with E-state index in [4.69, 9.17) is 5.73 Å². The third-order valence-corrected chi connectivity index (χ3v) is 2.77. The van der Waals surface area contributed by atoms with E-state index in [1.165, 1.54) is 11.0 Å². The fraction of sp³-hybridized carbons (Fsp3) is 0.417. The molecular weight excluding hydrogens is 248 g/mol. The SMILES string of the molecule is CNCCN(C)C(=O)c1cc(C)cc([N+](=O)[O-])c1N. The molecule has 7 nitrogen and oxygen atoms in total. The van der Waals surface area contributed by atoms with Crippen molar-refractivity contribution in [1.29, 1.82) is 0 Å². The number of anilines is 1. The molecule has 0 saturated carbocycles. The predicted octanol–water partition coefficient (Wildman–Crippen LogP) is 0.777. The molecule has 1 aromatic carbocycles. The predicted molar refractivity (Wildman–Crippen MR) is 73.1 cm³/mol. The molecule has 7 heteroatoms. The molecule has 3 N–H and O–H groups in total. The molecule has 0 aliphatic heterocycles. The Hall–Kier alpha value is -2.15. The molecule has 0 aliphatic rings. The van der Waals surface area contributed by atoms with Gasteiger partial charge in [0.15, 0.2) is 0 Å². The highest BCUT2D eigenvalue weighted by atomic mass is 16.6. The lowest BCUT2D eigenvalue weighted by Gasteiger charge is -2.18. The van der Waals surface area contributed by atoms with E-state index in [1.54, 1.807) is 27.1 Å². The Bertz CT molecular complexity index is 502. The molecule has 1 amide bonds. The van der Waals surface area contributed by atoms with Gasteiger partial charge in [-0.15, -0.1) is 0 Å². The first-order valence-electron chi connectivity index (χ1n) is 5.83. The van der Waals surface area contributed by atoms with Crippen molar-refractivity contribution in [3.8, 4) is 0 Å². The second-order valence-corrected chi connectivity index (χ2v) is 4.33. The van der Waals surface area contributed by atoms with E-state index < -0.39 is 4.92 Å². The number of nitro benzene ring substituents is 1. The van der Waals surface area contributed by atoms with Crippen molar-refractivity contribution in [2.45, 2.75) is 6.92 Å². The van der Waals surface area contributed by atoms with Gasteiger partial charge in [0, 0.05) is 26.2 Å². The third kappa shape index (κ3) is 3.41. The number of benzene rings is 1. The van der Waals surface area contributed by atoms with Crippen molar-refractivity contribution >= 4 is 17.3 Å². The molecule has 104 valence electrons. The van der Waals surface area contributed by atoms with Crippen molar-refractivity contribution in [1.82, 2.24) is 10.2 Å². The summed E-state index contributed by atoms with van der Waals surface area (Å²) < 4.78 is 0. The zero-order chi connectivity index (χ0) is 14.6. The van der Waals surface area contributed by atoms with Crippen LogP contribution in [0, 0.1) is 17.0 Å². The van der Waals surface area contributed by atoms with Crippen LogP contribution in [0.5, 0.6) is 0 Å². The minimum absolute atomic E-state index is 0.0862. The summed E-state index contributed by atoms with van der Waals surface area (Å²) in [7, 11) is 3.41. The molecule has 0 aromatic heterocycles. The molecule has 0 fully saturated rings. The van der Waals surface area contributed by atoms with Crippen LogP contribution < -0.4 is 11.1 Å². The van der Waals surface area contributed by atoms with E-state index in [0.717, 1.165) is 0 Å². The lowest BCUT2D eigenvalue weighted by atomic mass is 10.1. The average Bonchev–Trinajstić information content (AvgIpc) is 2.37. The lowest BCUT2D eigenvalue weighted by Crippen LogP contribution is -2.33. The number of amides is 1. The number of nitro groups is 1. The van der Waals surface area contributed by atoms with Crippen molar-refractivity contribution in [2.75, 3.05) is 32.9 Å². The molecule has 0 aliphatic carbocycles. The number of hydrogen-bond donors (Lipinski definition) is 2. The molecule has 0 unspecified atom stereocenters. The summed E-state index contributed by atoms with van der Waals surface area (Å²) in [5.74, 6) is -0.320. The molecule has 0 radical (unpaired) electrons. The summed E-state index contributed by atoms with van der Waals surface area (Å²) in [4.78, 5) is 24.0. The first-order chi connectivity index (χ1) is 8.88. The number of aryl methyl sites for hydroxylation is 1. The maximum Gasteiger partial charge on any atom is 0.293 e. The average molecular weight is 266 g/mol. The smallest absolute Gasteiger partial charge is 0.293 e. The molecule has 0 heterocycles. The number of nitrogens with zero attached hydrogens (tertiary/aromatic N) is 2. The topological polar surface area (TPSA) is 102 Å². The Morgan fingerprint density at radius 3 is 2.68 bits per heavy atom. The van der Waals surface area contributed by atoms with Crippen LogP contribution in [0.15, 0.2) is 12.1 Å². The maximum absolute atomic E-state index is 12.2. The first-order valence-corrected chi connectivity index (χ1v) is 5.83. The Balaban J connectivity index is 3.13. The highest BCUT2D eigenvalue weighted by Crippen LogP contribution is 2.27. The van der Waals surface area contributed by atoms with Crippen molar-refractivity contribution in [3.63, 3.8) is 0 Å². The summed E-state index contributed by atoms with van der Waals surface area (Å²) in [6.07, 6.45) is 0. The summed E-state index contributed by atoms with van der Waals surface area (Å²) in [6, 6.07) is 2.93. The number of carbonyl (C=O) groups is 1. The van der Waals surface area contributed by atoms with Crippen LogP contribution in [0.25, 0.3) is 0 Å². The molecular formula is C12H18N4O3. The third-order valence-electron chi connectivity index (χ3n) is 2.77. The van der Waals surface area contributed by atoms with Crippen LogP contribution in [0.2, 0.25) is 0 Å². The Labute approximate surface area is 111 Å². The zero-order valence-corrected chi connectivity index (χ0v) is 11.3. The number of nitrogen functional groups attached to an aromatic ring is 1. The summed E-state index contributed by atoms with van der Waals surface area (Å²) in [5, 5.41) is 13.8. The van der Waals surface area contributed by atoms with Gasteiger partial charge in [0.25, 0.3) is 11.6 Å². The molecule has 0 spiro atoms. The number of nitrogens with one attached hydrogen (secondary N) is 1. The highest BCUT2D eigenvalue weighted by Gasteiger charge is 2.22. The highest BCUT2D eigenvalue weighted by molar-refractivity contribution is 6.01. The van der Waals surface area contributed by atoms with Crippen LogP contribution in [-0.2, 0) is 0 Å². The maximum atomic E-state index is 12.2. The minimum atomic E-state index is -0.577. The lowest BCUT2D eigenvalue weighted by molar-refractivity contribution is -0.384. The summed E-state index contributed by atoms with van der Waals surface area (Å²) in [6.45, 7) is 2.82. The van der Waals surface area contributed by atoms with Crippen molar-refractivity contribution in [3.05, 3.63) is 33.4 Å². The van der Waals surface area contributed by atoms with Gasteiger partial charge >= 0.3 is 0 Å². The first kappa shape index (κ1) is 14.9. The zero-order valence-electron chi connectivity index (χ0n) is 11.3. The molecule has 0 atom stereocenters. The van der Waals surface area contributed by atoms with Gasteiger partial charge in [-0.2, -0.15) is 0 Å². The number of carbonyl (C=O) groups excluding carboxylic acids is 1. The fourth-order valence-corrected chi connectivity index (χ4v) is 1.69. The number of nitrogens with two attached hydrogens (primary N) is 1. The fourth-order valence-electron chi connectivity index (χ4n) is 1.69. The van der Waals surface area contributed by atoms with Crippen molar-refractivity contribution in [2.24, 2.45) is 0 Å². The van der Waals surface area contributed by atoms with E-state index in [9.17, 15) is 14.9 Å². The van der Waals surface area contributed by atoms with E-state index >= 15 is 0 Å². The Kier molecular flexibility index (Phi) is 4.82. The Morgan fingerprint density at radius 2 is 2.16 bits per heavy atom. The standard InChI is InChI=1S/C12H18N4O3/c1-8-6-9(11(13)10(7-8)16(18)19)12(17)15(3)5-4-14-2/h6-7,14H,4-5,13H2,1-3H3. The van der Waals surface area contributed by atoms with Crippen LogP contribution in [0.3, 0.4) is 0 Å². The summed E-state index contributed by atoms with van der Waals surface area (Å²) >= 11 is 0. The van der Waals surface area contributed by atoms with Gasteiger partial charge in [0.1, 0.15) is 5.69 Å². The largest absolute Gasteiger partial charge is 0.393 e. The quantitative estimate of drug-likeness (QED) is 0.466. The molecule has 19 heavy (non-hydrogen) atoms. The number of rotatable bonds is 5. The van der Waals surface area contributed by atoms with Crippen LogP contribution in [-0.4, -0.2) is 42.9 Å². The van der Waals surface area contributed by atoms with Crippen LogP contribution in [0.1, 0.15) is 15.9 Å². The number of likely N-dealkylation sites (N-methyl/N-ethyl adjacent to an activating group) is 2. The minimum Gasteiger partial charge on any atom is -0.393 e. The normalized spacial score (nSPS) is 10.3. The van der Waals surface area contributed by atoms with Gasteiger partial charge in [0.05, 0.1) is 10.5 Å². The monoisotopic (exact) mass is 266 g/mol. The second kappa shape index (κ2) is 6.14. The molecule has 0 saturated heterocycles. The van der Waals surface area contributed by atoms with Gasteiger partial charge in [-0.3, -0.25) is 14.9 Å².